The zero-order valence-corrected chi connectivity index (χ0v) is 16.5. The van der Waals surface area contributed by atoms with Gasteiger partial charge in [0.05, 0.1) is 10.5 Å². The third-order valence-electron chi connectivity index (χ3n) is 5.08. The highest BCUT2D eigenvalue weighted by Crippen LogP contribution is 2.39. The minimum Gasteiger partial charge on any atom is -0.488 e. The number of benzene rings is 3. The summed E-state index contributed by atoms with van der Waals surface area (Å²) in [7, 11) is 0. The summed E-state index contributed by atoms with van der Waals surface area (Å²) in [4.78, 5) is 23.0. The molecule has 6 heteroatoms. The molecule has 0 saturated heterocycles. The van der Waals surface area contributed by atoms with Gasteiger partial charge < -0.3 is 9.47 Å². The van der Waals surface area contributed by atoms with Crippen LogP contribution < -0.4 is 9.47 Å². The zero-order valence-electron chi connectivity index (χ0n) is 16.5. The van der Waals surface area contributed by atoms with E-state index in [0.717, 1.165) is 16.7 Å². The highest BCUT2D eigenvalue weighted by molar-refractivity contribution is 6.14. The van der Waals surface area contributed by atoms with Crippen LogP contribution in [-0.4, -0.2) is 10.7 Å². The summed E-state index contributed by atoms with van der Waals surface area (Å²) in [6.07, 6.45) is 1.58. The second-order valence-corrected chi connectivity index (χ2v) is 7.07. The minimum absolute atomic E-state index is 0.00890. The molecule has 1 aliphatic heterocycles. The lowest BCUT2D eigenvalue weighted by molar-refractivity contribution is -0.384. The Bertz CT molecular complexity index is 1180. The molecule has 150 valence electrons. The SMILES string of the molecule is Cc1ccccc1COc1ccc2c(c1C)O/C(=C\c1ccc([N+](=O)[O-])cc1)C2=O. The summed E-state index contributed by atoms with van der Waals surface area (Å²) in [5.74, 6) is 1.09. The molecule has 0 amide bonds. The Hall–Kier alpha value is -3.93. The largest absolute Gasteiger partial charge is 0.488 e. The van der Waals surface area contributed by atoms with Gasteiger partial charge in [0.1, 0.15) is 18.1 Å². The van der Waals surface area contributed by atoms with Crippen molar-refractivity contribution in [1.29, 1.82) is 0 Å². The van der Waals surface area contributed by atoms with Gasteiger partial charge in [0, 0.05) is 17.7 Å². The average molecular weight is 401 g/mol. The fourth-order valence-electron chi connectivity index (χ4n) is 3.30. The summed E-state index contributed by atoms with van der Waals surface area (Å²) in [6.45, 7) is 4.31. The molecular formula is C24H19NO5. The first-order valence-corrected chi connectivity index (χ1v) is 9.43. The van der Waals surface area contributed by atoms with Crippen LogP contribution in [0.25, 0.3) is 6.08 Å². The molecule has 6 nitrogen and oxygen atoms in total. The number of allylic oxidation sites excluding steroid dienone is 1. The molecule has 0 fully saturated rings. The maximum absolute atomic E-state index is 12.7. The third-order valence-corrected chi connectivity index (χ3v) is 5.08. The van der Waals surface area contributed by atoms with Gasteiger partial charge in [-0.1, -0.05) is 24.3 Å². The summed E-state index contributed by atoms with van der Waals surface area (Å²) in [5.41, 5.74) is 4.10. The third kappa shape index (κ3) is 3.67. The van der Waals surface area contributed by atoms with Gasteiger partial charge >= 0.3 is 0 Å². The summed E-state index contributed by atoms with van der Waals surface area (Å²) in [5, 5.41) is 10.8. The molecule has 0 aromatic heterocycles. The van der Waals surface area contributed by atoms with Crippen LogP contribution in [0, 0.1) is 24.0 Å². The lowest BCUT2D eigenvalue weighted by Gasteiger charge is -2.12. The van der Waals surface area contributed by atoms with Crippen LogP contribution >= 0.6 is 0 Å². The zero-order chi connectivity index (χ0) is 21.3. The number of ketones is 1. The highest BCUT2D eigenvalue weighted by atomic mass is 16.6. The quantitative estimate of drug-likeness (QED) is 0.325. The van der Waals surface area contributed by atoms with E-state index in [0.29, 0.717) is 29.2 Å². The maximum Gasteiger partial charge on any atom is 0.269 e. The first kappa shape index (κ1) is 19.4. The molecule has 0 bridgehead atoms. The van der Waals surface area contributed by atoms with Gasteiger partial charge in [0.2, 0.25) is 5.78 Å². The second kappa shape index (κ2) is 7.83. The number of carbonyl (C=O) groups excluding carboxylic acids is 1. The van der Waals surface area contributed by atoms with Crippen LogP contribution in [0.2, 0.25) is 0 Å². The van der Waals surface area contributed by atoms with Crippen molar-refractivity contribution in [3.8, 4) is 11.5 Å². The standard InChI is InChI=1S/C24H19NO5/c1-15-5-3-4-6-18(15)14-29-21-12-11-20-23(26)22(30-24(20)16(21)2)13-17-7-9-19(10-8-17)25(27)28/h3-13H,14H2,1-2H3/b22-13-. The van der Waals surface area contributed by atoms with Gasteiger partial charge in [-0.3, -0.25) is 14.9 Å². The Morgan fingerprint density at radius 3 is 2.47 bits per heavy atom. The fraction of sp³-hybridized carbons (Fsp3) is 0.125. The molecule has 0 saturated carbocycles. The van der Waals surface area contributed by atoms with Crippen LogP contribution in [0.3, 0.4) is 0 Å². The monoisotopic (exact) mass is 401 g/mol. The number of hydrogen-bond acceptors (Lipinski definition) is 5. The summed E-state index contributed by atoms with van der Waals surface area (Å²) < 4.78 is 11.8. The highest BCUT2D eigenvalue weighted by Gasteiger charge is 2.30. The normalized spacial score (nSPS) is 13.8. The van der Waals surface area contributed by atoms with Gasteiger partial charge in [-0.2, -0.15) is 0 Å². The Kier molecular flexibility index (Phi) is 5.06. The average Bonchev–Trinajstić information content (AvgIpc) is 3.05. The van der Waals surface area contributed by atoms with E-state index in [2.05, 4.69) is 0 Å². The van der Waals surface area contributed by atoms with Gasteiger partial charge in [-0.25, -0.2) is 0 Å². The molecule has 0 N–H and O–H groups in total. The molecular weight excluding hydrogens is 382 g/mol. The fourth-order valence-corrected chi connectivity index (χ4v) is 3.30. The van der Waals surface area contributed by atoms with Crippen LogP contribution in [0.15, 0.2) is 66.4 Å². The van der Waals surface area contributed by atoms with Crippen molar-refractivity contribution in [3.05, 3.63) is 104 Å². The van der Waals surface area contributed by atoms with Crippen molar-refractivity contribution in [3.63, 3.8) is 0 Å². The number of Topliss-reactive ketones (excluding diaryl/α,β-unsaturated/α-hetero) is 1. The Morgan fingerprint density at radius 1 is 1.03 bits per heavy atom. The number of aryl methyl sites for hydroxylation is 1. The van der Waals surface area contributed by atoms with Crippen molar-refractivity contribution in [2.24, 2.45) is 0 Å². The van der Waals surface area contributed by atoms with Crippen LogP contribution in [0.4, 0.5) is 5.69 Å². The Morgan fingerprint density at radius 2 is 1.77 bits per heavy atom. The molecule has 1 heterocycles. The molecule has 3 aromatic rings. The predicted molar refractivity (Wildman–Crippen MR) is 113 cm³/mol. The van der Waals surface area contributed by atoms with Crippen molar-refractivity contribution < 1.29 is 19.2 Å². The number of carbonyl (C=O) groups is 1. The Balaban J connectivity index is 1.56. The molecule has 0 unspecified atom stereocenters. The van der Waals surface area contributed by atoms with E-state index in [1.807, 2.05) is 38.1 Å². The van der Waals surface area contributed by atoms with E-state index in [4.69, 9.17) is 9.47 Å². The minimum atomic E-state index is -0.466. The maximum atomic E-state index is 12.7. The number of non-ortho nitro benzene ring substituents is 1. The van der Waals surface area contributed by atoms with Gasteiger partial charge in [0.15, 0.2) is 5.76 Å². The molecule has 0 aliphatic carbocycles. The molecule has 3 aromatic carbocycles. The van der Waals surface area contributed by atoms with Crippen LogP contribution in [-0.2, 0) is 6.61 Å². The van der Waals surface area contributed by atoms with Crippen molar-refractivity contribution >= 4 is 17.5 Å². The van der Waals surface area contributed by atoms with E-state index in [9.17, 15) is 14.9 Å². The number of nitrogens with zero attached hydrogens (tertiary/aromatic N) is 1. The lowest BCUT2D eigenvalue weighted by atomic mass is 10.1. The topological polar surface area (TPSA) is 78.7 Å². The molecule has 0 radical (unpaired) electrons. The summed E-state index contributed by atoms with van der Waals surface area (Å²) in [6, 6.07) is 17.4. The van der Waals surface area contributed by atoms with Crippen LogP contribution in [0.5, 0.6) is 11.5 Å². The van der Waals surface area contributed by atoms with E-state index < -0.39 is 4.92 Å². The van der Waals surface area contributed by atoms with E-state index in [1.54, 1.807) is 30.3 Å². The molecule has 4 rings (SSSR count). The molecule has 1 aliphatic rings. The van der Waals surface area contributed by atoms with E-state index >= 15 is 0 Å². The number of rotatable bonds is 5. The number of ether oxygens (including phenoxy) is 2. The predicted octanol–water partition coefficient (Wildman–Crippen LogP) is 5.41. The number of nitro groups is 1. The second-order valence-electron chi connectivity index (χ2n) is 7.07. The van der Waals surface area contributed by atoms with Crippen molar-refractivity contribution in [2.75, 3.05) is 0 Å². The Labute approximate surface area is 173 Å². The van der Waals surface area contributed by atoms with E-state index in [-0.39, 0.29) is 17.2 Å². The number of nitro benzene ring substituents is 1. The first-order chi connectivity index (χ1) is 14.4. The van der Waals surface area contributed by atoms with Gasteiger partial charge in [-0.15, -0.1) is 0 Å². The van der Waals surface area contributed by atoms with E-state index in [1.165, 1.54) is 12.1 Å². The van der Waals surface area contributed by atoms with Crippen molar-refractivity contribution in [2.45, 2.75) is 20.5 Å². The van der Waals surface area contributed by atoms with Gasteiger partial charge in [-0.05, 0) is 60.9 Å². The summed E-state index contributed by atoms with van der Waals surface area (Å²) >= 11 is 0. The molecule has 0 atom stereocenters. The molecule has 0 spiro atoms. The molecule has 30 heavy (non-hydrogen) atoms. The van der Waals surface area contributed by atoms with Crippen molar-refractivity contribution in [1.82, 2.24) is 0 Å². The lowest BCUT2D eigenvalue weighted by Crippen LogP contribution is -2.00. The number of fused-ring (bicyclic) bond motifs is 1. The first-order valence-electron chi connectivity index (χ1n) is 9.43. The smallest absolute Gasteiger partial charge is 0.269 e. The van der Waals surface area contributed by atoms with Crippen LogP contribution in [0.1, 0.15) is 32.6 Å². The number of hydrogen-bond donors (Lipinski definition) is 0. The van der Waals surface area contributed by atoms with Gasteiger partial charge in [0.25, 0.3) is 5.69 Å².